The Morgan fingerprint density at radius 2 is 1.70 bits per heavy atom. The van der Waals surface area contributed by atoms with E-state index in [1.807, 2.05) is 0 Å². The highest BCUT2D eigenvalue weighted by Crippen LogP contribution is 2.37. The van der Waals surface area contributed by atoms with Crippen molar-refractivity contribution < 1.29 is 27.2 Å². The van der Waals surface area contributed by atoms with E-state index in [1.54, 1.807) is 9.80 Å². The molecule has 0 spiro atoms. The van der Waals surface area contributed by atoms with E-state index in [9.17, 15) is 18.0 Å². The maximum atomic E-state index is 13.2. The van der Waals surface area contributed by atoms with Gasteiger partial charge in [-0.1, -0.05) is 17.3 Å². The zero-order valence-corrected chi connectivity index (χ0v) is 18.1. The summed E-state index contributed by atoms with van der Waals surface area (Å²) in [5.41, 5.74) is 0.0798. The molecular weight excluding hydrogens is 439 g/mol. The third kappa shape index (κ3) is 4.70. The van der Waals surface area contributed by atoms with Gasteiger partial charge < -0.3 is 24.4 Å². The third-order valence-electron chi connectivity index (χ3n) is 6.67. The number of hydrogen-bond acceptors (Lipinski definition) is 6. The molecule has 3 fully saturated rings. The Morgan fingerprint density at radius 1 is 1.00 bits per heavy atom. The Labute approximate surface area is 189 Å². The van der Waals surface area contributed by atoms with Crippen molar-refractivity contribution in [3.05, 3.63) is 47.1 Å². The summed E-state index contributed by atoms with van der Waals surface area (Å²) in [5, 5.41) is 7.36. The average Bonchev–Trinajstić information content (AvgIpc) is 3.27. The van der Waals surface area contributed by atoms with Crippen molar-refractivity contribution in [2.45, 2.75) is 30.4 Å². The van der Waals surface area contributed by atoms with E-state index in [4.69, 9.17) is 9.26 Å². The molecule has 3 aliphatic heterocycles. The Hall–Kier alpha value is -2.66. The molecule has 5 rings (SSSR count). The van der Waals surface area contributed by atoms with Crippen LogP contribution in [0.15, 0.2) is 28.8 Å². The second-order valence-corrected chi connectivity index (χ2v) is 8.88. The van der Waals surface area contributed by atoms with Crippen molar-refractivity contribution in [2.75, 3.05) is 52.5 Å². The van der Waals surface area contributed by atoms with E-state index in [0.29, 0.717) is 57.5 Å². The summed E-state index contributed by atoms with van der Waals surface area (Å²) in [6.45, 7) is 4.48. The van der Waals surface area contributed by atoms with Crippen LogP contribution in [0.2, 0.25) is 0 Å². The van der Waals surface area contributed by atoms with Gasteiger partial charge in [0.1, 0.15) is 0 Å². The number of carbonyl (C=O) groups excluding carboxylic acids is 1. The lowest BCUT2D eigenvalue weighted by atomic mass is 9.84. The molecule has 0 radical (unpaired) electrons. The minimum atomic E-state index is -4.39. The fourth-order valence-electron chi connectivity index (χ4n) is 4.62. The van der Waals surface area contributed by atoms with Crippen LogP contribution in [0.3, 0.4) is 0 Å². The van der Waals surface area contributed by atoms with Crippen molar-refractivity contribution >= 4 is 6.03 Å². The van der Waals surface area contributed by atoms with Crippen LogP contribution in [0, 0.1) is 0 Å². The second kappa shape index (κ2) is 8.94. The average molecular weight is 465 g/mol. The topological polar surface area (TPSA) is 83.7 Å². The van der Waals surface area contributed by atoms with Gasteiger partial charge in [-0.25, -0.2) is 4.79 Å². The summed E-state index contributed by atoms with van der Waals surface area (Å²) < 4.78 is 49.9. The molecule has 1 aromatic carbocycles. The first-order chi connectivity index (χ1) is 15.9. The number of nitrogens with zero attached hydrogens (tertiary/aromatic N) is 4. The maximum absolute atomic E-state index is 13.2. The van der Waals surface area contributed by atoms with Crippen LogP contribution < -0.4 is 5.32 Å². The quantitative estimate of drug-likeness (QED) is 0.751. The fraction of sp³-hybridized carbons (Fsp3) is 0.591. The van der Waals surface area contributed by atoms with Gasteiger partial charge in [-0.05, 0) is 24.1 Å². The van der Waals surface area contributed by atoms with Gasteiger partial charge in [0.2, 0.25) is 5.89 Å². The molecule has 8 nitrogen and oxygen atoms in total. The van der Waals surface area contributed by atoms with Crippen molar-refractivity contribution in [3.8, 4) is 0 Å². The number of alkyl halides is 3. The lowest BCUT2D eigenvalue weighted by Gasteiger charge is -2.40. The van der Waals surface area contributed by atoms with E-state index in [1.165, 1.54) is 12.1 Å². The summed E-state index contributed by atoms with van der Waals surface area (Å²) in [6.07, 6.45) is -3.76. The largest absolute Gasteiger partial charge is 0.416 e. The molecular formula is C22H26F3N5O3. The number of benzene rings is 1. The molecule has 3 saturated heterocycles. The predicted molar refractivity (Wildman–Crippen MR) is 111 cm³/mol. The lowest BCUT2D eigenvalue weighted by molar-refractivity contribution is -0.137. The monoisotopic (exact) mass is 465 g/mol. The number of nitrogens with one attached hydrogen (secondary N) is 1. The highest BCUT2D eigenvalue weighted by atomic mass is 19.4. The van der Waals surface area contributed by atoms with E-state index < -0.39 is 11.7 Å². The Balaban J connectivity index is 1.39. The van der Waals surface area contributed by atoms with Gasteiger partial charge in [0.15, 0.2) is 5.82 Å². The van der Waals surface area contributed by atoms with Crippen LogP contribution in [-0.4, -0.2) is 78.5 Å². The number of halogens is 3. The van der Waals surface area contributed by atoms with E-state index in [2.05, 4.69) is 15.5 Å². The van der Waals surface area contributed by atoms with E-state index in [0.717, 1.165) is 30.8 Å². The van der Waals surface area contributed by atoms with Crippen LogP contribution in [0.5, 0.6) is 0 Å². The zero-order chi connectivity index (χ0) is 23.0. The van der Waals surface area contributed by atoms with E-state index >= 15 is 0 Å². The number of rotatable bonds is 3. The van der Waals surface area contributed by atoms with Crippen molar-refractivity contribution in [1.82, 2.24) is 25.3 Å². The summed E-state index contributed by atoms with van der Waals surface area (Å²) >= 11 is 0. The van der Waals surface area contributed by atoms with Gasteiger partial charge in [-0.2, -0.15) is 18.2 Å². The molecule has 11 heteroatoms. The number of piperidine rings is 1. The molecule has 3 aliphatic rings. The van der Waals surface area contributed by atoms with Crippen LogP contribution in [0.1, 0.15) is 47.0 Å². The molecule has 0 saturated carbocycles. The Kier molecular flexibility index (Phi) is 6.00. The van der Waals surface area contributed by atoms with Gasteiger partial charge >= 0.3 is 12.2 Å². The minimum absolute atomic E-state index is 0.0909. The molecule has 0 bridgehead atoms. The molecule has 2 atom stereocenters. The van der Waals surface area contributed by atoms with Gasteiger partial charge in [0.25, 0.3) is 0 Å². The molecule has 178 valence electrons. The lowest BCUT2D eigenvalue weighted by Crippen LogP contribution is -2.52. The molecule has 2 amide bonds. The first-order valence-electron chi connectivity index (χ1n) is 11.2. The van der Waals surface area contributed by atoms with Crippen molar-refractivity contribution in [2.24, 2.45) is 0 Å². The molecule has 2 unspecified atom stereocenters. The molecule has 1 N–H and O–H groups in total. The predicted octanol–water partition coefficient (Wildman–Crippen LogP) is 2.80. The minimum Gasteiger partial charge on any atom is -0.378 e. The summed E-state index contributed by atoms with van der Waals surface area (Å²) in [7, 11) is 0. The first-order valence-corrected chi connectivity index (χ1v) is 11.2. The van der Waals surface area contributed by atoms with Crippen molar-refractivity contribution in [1.29, 1.82) is 0 Å². The number of ether oxygens (including phenoxy) is 1. The highest BCUT2D eigenvalue weighted by Gasteiger charge is 2.37. The third-order valence-corrected chi connectivity index (χ3v) is 6.67. The molecule has 0 aliphatic carbocycles. The molecule has 1 aromatic heterocycles. The van der Waals surface area contributed by atoms with Gasteiger partial charge in [-0.3, -0.25) is 0 Å². The number of likely N-dealkylation sites (tertiary alicyclic amines) is 1. The number of amides is 2. The van der Waals surface area contributed by atoms with Gasteiger partial charge in [-0.15, -0.1) is 0 Å². The zero-order valence-electron chi connectivity index (χ0n) is 18.1. The summed E-state index contributed by atoms with van der Waals surface area (Å²) in [5.74, 6) is 1.04. The normalized spacial score (nSPS) is 24.6. The number of aromatic nitrogens is 2. The van der Waals surface area contributed by atoms with Crippen LogP contribution in [0.4, 0.5) is 18.0 Å². The number of urea groups is 1. The van der Waals surface area contributed by atoms with Crippen LogP contribution in [-0.2, 0) is 10.9 Å². The standard InChI is InChI=1S/C22H26F3N5O3/c23-22(24,25)18-3-1-14(2-4-18)15-9-16(19-27-20(33-28-19)17-10-26-11-17)13-30(12-15)21(31)29-5-7-32-8-6-29/h1-4,15-17,26H,5-13H2. The smallest absolute Gasteiger partial charge is 0.378 e. The molecule has 2 aromatic rings. The summed E-state index contributed by atoms with van der Waals surface area (Å²) in [6, 6.07) is 5.13. The van der Waals surface area contributed by atoms with Crippen LogP contribution in [0.25, 0.3) is 0 Å². The maximum Gasteiger partial charge on any atom is 0.416 e. The van der Waals surface area contributed by atoms with Crippen molar-refractivity contribution in [3.63, 3.8) is 0 Å². The Morgan fingerprint density at radius 3 is 2.33 bits per heavy atom. The van der Waals surface area contributed by atoms with E-state index in [-0.39, 0.29) is 23.8 Å². The highest BCUT2D eigenvalue weighted by molar-refractivity contribution is 5.75. The van der Waals surface area contributed by atoms with Gasteiger partial charge in [0.05, 0.1) is 24.7 Å². The second-order valence-electron chi connectivity index (χ2n) is 8.88. The summed E-state index contributed by atoms with van der Waals surface area (Å²) in [4.78, 5) is 21.4. The number of carbonyl (C=O) groups is 1. The van der Waals surface area contributed by atoms with Crippen LogP contribution >= 0.6 is 0 Å². The first kappa shape index (κ1) is 22.1. The molecule has 33 heavy (non-hydrogen) atoms. The number of morpholine rings is 1. The SMILES string of the molecule is O=C(N1CCOCC1)N1CC(c2ccc(C(F)(F)F)cc2)CC(c2noc(C3CNC3)n2)C1. The fourth-order valence-corrected chi connectivity index (χ4v) is 4.62. The number of hydrogen-bond donors (Lipinski definition) is 1. The Bertz CT molecular complexity index is 970. The molecule has 4 heterocycles. The van der Waals surface area contributed by atoms with Gasteiger partial charge in [0, 0.05) is 51.1 Å².